The molecule has 2 aliphatic rings. The first-order valence-electron chi connectivity index (χ1n) is 14.4. The van der Waals surface area contributed by atoms with Gasteiger partial charge in [-0.25, -0.2) is 4.98 Å². The average molecular weight is 572 g/mol. The van der Waals surface area contributed by atoms with Gasteiger partial charge in [-0.2, -0.15) is 0 Å². The van der Waals surface area contributed by atoms with Crippen LogP contribution in [0.1, 0.15) is 87.2 Å². The molecule has 0 radical (unpaired) electrons. The van der Waals surface area contributed by atoms with Gasteiger partial charge in [0, 0.05) is 36.3 Å². The van der Waals surface area contributed by atoms with Crippen LogP contribution in [0.5, 0.6) is 17.2 Å². The number of ketones is 3. The summed E-state index contributed by atoms with van der Waals surface area (Å²) in [5.41, 5.74) is 1.09. The van der Waals surface area contributed by atoms with Crippen molar-refractivity contribution in [2.75, 3.05) is 6.54 Å². The Kier molecular flexibility index (Phi) is 7.47. The van der Waals surface area contributed by atoms with Crippen LogP contribution in [0, 0.1) is 6.92 Å². The second-order valence-corrected chi connectivity index (χ2v) is 11.6. The molecule has 3 N–H and O–H groups in total. The van der Waals surface area contributed by atoms with E-state index in [-0.39, 0.29) is 39.5 Å². The second-order valence-electron chi connectivity index (χ2n) is 11.6. The van der Waals surface area contributed by atoms with Crippen LogP contribution in [0.4, 0.5) is 0 Å². The van der Waals surface area contributed by atoms with E-state index in [4.69, 9.17) is 9.72 Å². The Morgan fingerprint density at radius 3 is 2.50 bits per heavy atom. The normalized spacial score (nSPS) is 19.1. The molecule has 1 aromatic heterocycles. The van der Waals surface area contributed by atoms with Crippen molar-refractivity contribution in [1.82, 2.24) is 14.9 Å². The first-order chi connectivity index (χ1) is 19.9. The minimum Gasteiger partial charge on any atom is -0.507 e. The lowest BCUT2D eigenvalue weighted by atomic mass is 9.70. The van der Waals surface area contributed by atoms with E-state index in [0.29, 0.717) is 18.3 Å². The molecule has 1 atom stereocenters. The van der Waals surface area contributed by atoms with Gasteiger partial charge >= 0.3 is 0 Å². The largest absolute Gasteiger partial charge is 0.507 e. The van der Waals surface area contributed by atoms with Crippen LogP contribution in [0.3, 0.4) is 0 Å². The summed E-state index contributed by atoms with van der Waals surface area (Å²) in [4.78, 5) is 44.2. The summed E-state index contributed by atoms with van der Waals surface area (Å²) in [6.07, 6.45) is 4.81. The number of fused-ring (bicyclic) bond motifs is 4. The van der Waals surface area contributed by atoms with Crippen molar-refractivity contribution in [3.05, 3.63) is 69.9 Å². The molecule has 0 unspecified atom stereocenters. The van der Waals surface area contributed by atoms with Crippen molar-refractivity contribution in [2.24, 2.45) is 0 Å². The second kappa shape index (κ2) is 10.8. The van der Waals surface area contributed by atoms with Crippen molar-refractivity contribution in [2.45, 2.75) is 78.7 Å². The van der Waals surface area contributed by atoms with Gasteiger partial charge in [0.2, 0.25) is 0 Å². The number of aromatic nitrogens is 2. The number of nitrogens with zero attached hydrogens (tertiary/aromatic N) is 2. The molecule has 1 aliphatic heterocycles. The molecule has 0 saturated heterocycles. The summed E-state index contributed by atoms with van der Waals surface area (Å²) in [6, 6.07) is 8.48. The van der Waals surface area contributed by atoms with Gasteiger partial charge in [-0.15, -0.1) is 0 Å². The van der Waals surface area contributed by atoms with Gasteiger partial charge in [0.05, 0.1) is 22.2 Å². The van der Waals surface area contributed by atoms with Crippen molar-refractivity contribution < 1.29 is 29.3 Å². The number of phenols is 2. The third kappa shape index (κ3) is 4.47. The minimum absolute atomic E-state index is 0.0159. The number of hydrogen-bond acceptors (Lipinski definition) is 8. The number of Topliss-reactive ketones (excluding diaryl/α,β-unsaturated/α-hetero) is 2. The zero-order chi connectivity index (χ0) is 30.5. The molecule has 0 fully saturated rings. The van der Waals surface area contributed by atoms with E-state index in [2.05, 4.69) is 29.8 Å². The molecule has 9 heteroatoms. The van der Waals surface area contributed by atoms with Gasteiger partial charge in [0.15, 0.2) is 17.3 Å². The fourth-order valence-corrected chi connectivity index (χ4v) is 6.16. The highest BCUT2D eigenvalue weighted by Gasteiger charge is 2.56. The number of para-hydroxylation sites is 2. The number of carbonyl (C=O) groups excluding carboxylic acids is 3. The molecule has 0 amide bonds. The number of aryl methyl sites for hydroxylation is 1. The summed E-state index contributed by atoms with van der Waals surface area (Å²) in [6.45, 7) is 10.9. The van der Waals surface area contributed by atoms with Crippen LogP contribution in [0.25, 0.3) is 11.0 Å². The number of allylic oxidation sites excluding steroid dienone is 4. The van der Waals surface area contributed by atoms with Gasteiger partial charge < -0.3 is 24.8 Å². The lowest BCUT2D eigenvalue weighted by Gasteiger charge is -2.29. The molecule has 0 saturated carbocycles. The minimum atomic E-state index is -1.52. The van der Waals surface area contributed by atoms with E-state index in [9.17, 15) is 24.6 Å². The van der Waals surface area contributed by atoms with E-state index in [1.807, 2.05) is 18.2 Å². The number of ether oxygens (including phenoxy) is 1. The molecule has 0 bridgehead atoms. The Bertz CT molecular complexity index is 1710. The summed E-state index contributed by atoms with van der Waals surface area (Å²) in [7, 11) is 0. The van der Waals surface area contributed by atoms with Crippen molar-refractivity contribution in [3.8, 4) is 17.2 Å². The highest BCUT2D eigenvalue weighted by molar-refractivity contribution is 6.31. The monoisotopic (exact) mass is 571 g/mol. The van der Waals surface area contributed by atoms with Gasteiger partial charge in [0.25, 0.3) is 0 Å². The van der Waals surface area contributed by atoms with E-state index in [1.165, 1.54) is 19.9 Å². The molecule has 3 aromatic rings. The number of unbranched alkanes of at least 4 members (excludes halogenated alkanes) is 2. The zero-order valence-corrected chi connectivity index (χ0v) is 24.9. The highest BCUT2D eigenvalue weighted by Crippen LogP contribution is 2.57. The van der Waals surface area contributed by atoms with E-state index in [0.717, 1.165) is 42.5 Å². The predicted octanol–water partition coefficient (Wildman–Crippen LogP) is 5.50. The Morgan fingerprint density at radius 1 is 1.10 bits per heavy atom. The lowest BCUT2D eigenvalue weighted by Crippen LogP contribution is -2.41. The van der Waals surface area contributed by atoms with Crippen molar-refractivity contribution in [3.63, 3.8) is 0 Å². The van der Waals surface area contributed by atoms with Gasteiger partial charge in [-0.1, -0.05) is 18.6 Å². The number of benzene rings is 2. The smallest absolute Gasteiger partial charge is 0.194 e. The first-order valence-corrected chi connectivity index (χ1v) is 14.4. The van der Waals surface area contributed by atoms with Gasteiger partial charge in [-0.3, -0.25) is 14.4 Å². The third-order valence-corrected chi connectivity index (χ3v) is 8.41. The fourth-order valence-electron chi connectivity index (χ4n) is 6.16. The standard InChI is InChI=1S/C33H37N3O6/c1-17(2)36-22-13-10-9-12-21(22)35-25(36)14-8-7-11-15-34-19(4)26-23(38)16-24-33(6,32(26)41)28-30(40)18(3)29(39)27(20(5)37)31(28)42-24/h9-10,12-13,16-17,34,39-40H,7-8,11,14-15H2,1-6H3/b26-19+/t33-/m0/s1. The van der Waals surface area contributed by atoms with E-state index < -0.39 is 28.5 Å². The summed E-state index contributed by atoms with van der Waals surface area (Å²) >= 11 is 0. The van der Waals surface area contributed by atoms with Crippen LogP contribution >= 0.6 is 0 Å². The molecule has 2 aromatic carbocycles. The number of imidazole rings is 1. The molecule has 0 spiro atoms. The van der Waals surface area contributed by atoms with Crippen LogP contribution in [0.2, 0.25) is 0 Å². The number of rotatable bonds is 9. The van der Waals surface area contributed by atoms with Crippen molar-refractivity contribution >= 4 is 28.4 Å². The molecule has 5 rings (SSSR count). The molecule has 2 heterocycles. The Balaban J connectivity index is 1.29. The summed E-state index contributed by atoms with van der Waals surface area (Å²) in [5.74, 6) is -1.25. The molecule has 42 heavy (non-hydrogen) atoms. The quantitative estimate of drug-likeness (QED) is 0.133. The van der Waals surface area contributed by atoms with Crippen LogP contribution < -0.4 is 10.1 Å². The molecule has 9 nitrogen and oxygen atoms in total. The highest BCUT2D eigenvalue weighted by atomic mass is 16.5. The molecule has 220 valence electrons. The maximum Gasteiger partial charge on any atom is 0.194 e. The lowest BCUT2D eigenvalue weighted by molar-refractivity contribution is -0.123. The Morgan fingerprint density at radius 2 is 1.81 bits per heavy atom. The number of phenolic OH excluding ortho intramolecular Hbond substituents is 2. The maximum atomic E-state index is 13.9. The number of hydrogen-bond donors (Lipinski definition) is 3. The summed E-state index contributed by atoms with van der Waals surface area (Å²) < 4.78 is 8.11. The SMILES string of the molecule is CC(=O)c1c(O)c(C)c(O)c2c1OC1=CC(=O)/C(=C(/C)NCCCCCc3nc4ccccc4n3C(C)C)C(=O)[C@@]12C. The first kappa shape index (κ1) is 29.1. The van der Waals surface area contributed by atoms with Gasteiger partial charge in [0.1, 0.15) is 39.8 Å². The predicted molar refractivity (Wildman–Crippen MR) is 159 cm³/mol. The zero-order valence-electron chi connectivity index (χ0n) is 24.9. The molecular weight excluding hydrogens is 534 g/mol. The van der Waals surface area contributed by atoms with Gasteiger partial charge in [-0.05, 0) is 66.5 Å². The van der Waals surface area contributed by atoms with Crippen LogP contribution in [-0.4, -0.2) is 43.7 Å². The fraction of sp³-hybridized carbons (Fsp3) is 0.394. The Labute approximate surface area is 244 Å². The third-order valence-electron chi connectivity index (χ3n) is 8.41. The Hall–Kier alpha value is -4.40. The van der Waals surface area contributed by atoms with E-state index in [1.54, 1.807) is 13.8 Å². The average Bonchev–Trinajstić information content (AvgIpc) is 3.44. The number of carbonyl (C=O) groups is 3. The topological polar surface area (TPSA) is 131 Å². The van der Waals surface area contributed by atoms with Crippen molar-refractivity contribution in [1.29, 1.82) is 0 Å². The maximum absolute atomic E-state index is 13.9. The van der Waals surface area contributed by atoms with Crippen LogP contribution in [-0.2, 0) is 21.4 Å². The molecule has 1 aliphatic carbocycles. The molecular formula is C33H37N3O6. The number of nitrogens with one attached hydrogen (secondary N) is 1. The van der Waals surface area contributed by atoms with E-state index >= 15 is 0 Å². The van der Waals surface area contributed by atoms with Crippen LogP contribution in [0.15, 0.2) is 47.4 Å². The summed E-state index contributed by atoms with van der Waals surface area (Å²) in [5, 5.41) is 24.7. The number of aromatic hydroxyl groups is 2.